The zero-order chi connectivity index (χ0) is 24.4. The highest BCUT2D eigenvalue weighted by Crippen LogP contribution is 2.46. The summed E-state index contributed by atoms with van der Waals surface area (Å²) in [5.74, 6) is 1.99. The van der Waals surface area contributed by atoms with Crippen LogP contribution in [0.5, 0.6) is 5.75 Å². The van der Waals surface area contributed by atoms with Gasteiger partial charge < -0.3 is 14.3 Å². The van der Waals surface area contributed by atoms with Gasteiger partial charge in [0.05, 0.1) is 7.11 Å². The second-order valence-corrected chi connectivity index (χ2v) is 9.85. The van der Waals surface area contributed by atoms with Crippen molar-refractivity contribution < 1.29 is 14.3 Å². The van der Waals surface area contributed by atoms with Crippen LogP contribution in [-0.4, -0.2) is 17.2 Å². The highest BCUT2D eigenvalue weighted by atomic mass is 16.5. The van der Waals surface area contributed by atoms with Crippen LogP contribution in [-0.2, 0) is 12.0 Å². The summed E-state index contributed by atoms with van der Waals surface area (Å²) in [4.78, 5) is 4.99. The number of hydrogen-bond donors (Lipinski definition) is 1. The Hall–Kier alpha value is -3.37. The molecule has 1 heterocycles. The van der Waals surface area contributed by atoms with Gasteiger partial charge >= 0.3 is 0 Å². The van der Waals surface area contributed by atoms with Crippen LogP contribution in [0.15, 0.2) is 77.2 Å². The van der Waals surface area contributed by atoms with E-state index in [0.717, 1.165) is 53.8 Å². The van der Waals surface area contributed by atoms with Crippen LogP contribution in [0, 0.1) is 19.8 Å². The van der Waals surface area contributed by atoms with Gasteiger partial charge in [0.2, 0.25) is 5.89 Å². The molecule has 3 aromatic carbocycles. The molecule has 4 aromatic rings. The molecule has 35 heavy (non-hydrogen) atoms. The van der Waals surface area contributed by atoms with E-state index in [1.807, 2.05) is 12.1 Å². The molecule has 1 aliphatic carbocycles. The molecule has 5 rings (SSSR count). The summed E-state index contributed by atoms with van der Waals surface area (Å²) in [6.07, 6.45) is 4.36. The fourth-order valence-corrected chi connectivity index (χ4v) is 5.18. The molecule has 1 aromatic heterocycles. The fraction of sp³-hybridized carbons (Fsp3) is 0.323. The number of hydrogen-bond acceptors (Lipinski definition) is 4. The van der Waals surface area contributed by atoms with Crippen molar-refractivity contribution in [2.24, 2.45) is 5.92 Å². The lowest BCUT2D eigenvalue weighted by atomic mass is 9.72. The molecule has 4 nitrogen and oxygen atoms in total. The maximum atomic E-state index is 12.1. The number of aromatic nitrogens is 1. The SMILES string of the molecule is COc1cccc(C[C@H]2CCCC[C@@]2(O)c2nc(-c3ccc(C)cc3)c(-c3ccc(C)cc3)o2)c1. The van der Waals surface area contributed by atoms with Gasteiger partial charge in [0, 0.05) is 17.0 Å². The van der Waals surface area contributed by atoms with Crippen molar-refractivity contribution in [2.75, 3.05) is 7.11 Å². The number of oxazole rings is 1. The van der Waals surface area contributed by atoms with Crippen molar-refractivity contribution in [1.82, 2.24) is 4.98 Å². The standard InChI is InChI=1S/C31H33NO3/c1-21-10-14-24(15-11-21)28-29(25-16-12-22(2)13-17-25)35-30(32-28)31(33)18-5-4-8-26(31)19-23-7-6-9-27(20-23)34-3/h6-7,9-17,20,26,33H,4-5,8,18-19H2,1-3H3/t26-,31+/m1/s1. The minimum atomic E-state index is -1.12. The van der Waals surface area contributed by atoms with Crippen molar-refractivity contribution in [3.05, 3.63) is 95.4 Å². The van der Waals surface area contributed by atoms with Crippen LogP contribution in [0.4, 0.5) is 0 Å². The van der Waals surface area contributed by atoms with E-state index < -0.39 is 5.60 Å². The second kappa shape index (κ2) is 9.71. The van der Waals surface area contributed by atoms with E-state index in [2.05, 4.69) is 74.5 Å². The summed E-state index contributed by atoms with van der Waals surface area (Å²) in [6.45, 7) is 4.15. The van der Waals surface area contributed by atoms with E-state index in [1.165, 1.54) is 11.1 Å². The summed E-state index contributed by atoms with van der Waals surface area (Å²) in [6, 6.07) is 24.7. The number of benzene rings is 3. The van der Waals surface area contributed by atoms with Crippen LogP contribution in [0.3, 0.4) is 0 Å². The molecule has 0 amide bonds. The van der Waals surface area contributed by atoms with Gasteiger partial charge in [-0.05, 0) is 50.8 Å². The Kier molecular flexibility index (Phi) is 6.48. The van der Waals surface area contributed by atoms with E-state index in [-0.39, 0.29) is 5.92 Å². The smallest absolute Gasteiger partial charge is 0.227 e. The Morgan fingerprint density at radius 3 is 2.31 bits per heavy atom. The Morgan fingerprint density at radius 2 is 1.63 bits per heavy atom. The average molecular weight is 468 g/mol. The Labute approximate surface area is 207 Å². The zero-order valence-electron chi connectivity index (χ0n) is 20.8. The maximum absolute atomic E-state index is 12.1. The number of aryl methyl sites for hydroxylation is 2. The average Bonchev–Trinajstić information content (AvgIpc) is 3.33. The molecule has 0 radical (unpaired) electrons. The molecule has 4 heteroatoms. The number of ether oxygens (including phenoxy) is 1. The minimum Gasteiger partial charge on any atom is -0.497 e. The molecule has 0 bridgehead atoms. The second-order valence-electron chi connectivity index (χ2n) is 9.85. The van der Waals surface area contributed by atoms with E-state index >= 15 is 0 Å². The Balaban J connectivity index is 1.57. The molecule has 2 atom stereocenters. The Morgan fingerprint density at radius 1 is 0.943 bits per heavy atom. The van der Waals surface area contributed by atoms with Crippen molar-refractivity contribution >= 4 is 0 Å². The Bertz CT molecular complexity index is 1230. The topological polar surface area (TPSA) is 55.5 Å². The summed E-state index contributed by atoms with van der Waals surface area (Å²) in [7, 11) is 1.68. The van der Waals surface area contributed by atoms with Crippen LogP contribution >= 0.6 is 0 Å². The third-order valence-corrected chi connectivity index (χ3v) is 7.29. The molecular weight excluding hydrogens is 434 g/mol. The van der Waals surface area contributed by atoms with Crippen molar-refractivity contribution in [1.29, 1.82) is 0 Å². The lowest BCUT2D eigenvalue weighted by Gasteiger charge is -2.37. The van der Waals surface area contributed by atoms with Crippen molar-refractivity contribution in [2.45, 2.75) is 51.6 Å². The number of methoxy groups -OCH3 is 1. The highest BCUT2D eigenvalue weighted by molar-refractivity contribution is 5.77. The van der Waals surface area contributed by atoms with E-state index in [1.54, 1.807) is 7.11 Å². The molecule has 180 valence electrons. The van der Waals surface area contributed by atoms with Crippen molar-refractivity contribution in [3.63, 3.8) is 0 Å². The highest BCUT2D eigenvalue weighted by Gasteiger charge is 2.45. The molecular formula is C31H33NO3. The molecule has 0 saturated heterocycles. The first-order valence-corrected chi connectivity index (χ1v) is 12.5. The third kappa shape index (κ3) is 4.76. The first-order valence-electron chi connectivity index (χ1n) is 12.5. The minimum absolute atomic E-state index is 0.0127. The molecule has 0 aliphatic heterocycles. The van der Waals surface area contributed by atoms with Gasteiger partial charge in [0.1, 0.15) is 17.0 Å². The van der Waals surface area contributed by atoms with Gasteiger partial charge in [0.15, 0.2) is 5.76 Å². The maximum Gasteiger partial charge on any atom is 0.227 e. The molecule has 1 saturated carbocycles. The number of aliphatic hydroxyl groups is 1. The van der Waals surface area contributed by atoms with Crippen molar-refractivity contribution in [3.8, 4) is 28.3 Å². The quantitative estimate of drug-likeness (QED) is 0.324. The van der Waals surface area contributed by atoms with E-state index in [4.69, 9.17) is 14.1 Å². The summed E-state index contributed by atoms with van der Waals surface area (Å²) >= 11 is 0. The van der Waals surface area contributed by atoms with Gasteiger partial charge in [-0.15, -0.1) is 0 Å². The predicted octanol–water partition coefficient (Wildman–Crippen LogP) is 7.25. The van der Waals surface area contributed by atoms with E-state index in [9.17, 15) is 5.11 Å². The van der Waals surface area contributed by atoms with Crippen LogP contribution < -0.4 is 4.74 Å². The first-order chi connectivity index (χ1) is 17.0. The lowest BCUT2D eigenvalue weighted by molar-refractivity contribution is -0.0742. The van der Waals surface area contributed by atoms with Gasteiger partial charge in [0.25, 0.3) is 0 Å². The van der Waals surface area contributed by atoms with Gasteiger partial charge in [-0.1, -0.05) is 84.6 Å². The number of rotatable bonds is 6. The summed E-state index contributed by atoms with van der Waals surface area (Å²) in [5, 5.41) is 12.1. The molecule has 1 aliphatic rings. The van der Waals surface area contributed by atoms with Gasteiger partial charge in [-0.25, -0.2) is 4.98 Å². The predicted molar refractivity (Wildman–Crippen MR) is 139 cm³/mol. The normalized spacial score (nSPS) is 20.1. The largest absolute Gasteiger partial charge is 0.497 e. The first kappa shape index (κ1) is 23.4. The molecule has 1 fully saturated rings. The fourth-order valence-electron chi connectivity index (χ4n) is 5.18. The molecule has 1 N–H and O–H groups in total. The molecule has 0 spiro atoms. The summed E-state index contributed by atoms with van der Waals surface area (Å²) < 4.78 is 11.9. The van der Waals surface area contributed by atoms with Gasteiger partial charge in [-0.3, -0.25) is 0 Å². The molecule has 0 unspecified atom stereocenters. The third-order valence-electron chi connectivity index (χ3n) is 7.29. The number of nitrogens with zero attached hydrogens (tertiary/aromatic N) is 1. The van der Waals surface area contributed by atoms with Crippen LogP contribution in [0.25, 0.3) is 22.6 Å². The van der Waals surface area contributed by atoms with Gasteiger partial charge in [-0.2, -0.15) is 0 Å². The van der Waals surface area contributed by atoms with Crippen LogP contribution in [0.2, 0.25) is 0 Å². The monoisotopic (exact) mass is 467 g/mol. The zero-order valence-corrected chi connectivity index (χ0v) is 20.8. The lowest BCUT2D eigenvalue weighted by Crippen LogP contribution is -2.39. The van der Waals surface area contributed by atoms with E-state index in [0.29, 0.717) is 18.1 Å². The summed E-state index contributed by atoms with van der Waals surface area (Å²) in [5.41, 5.74) is 5.15. The van der Waals surface area contributed by atoms with Crippen LogP contribution in [0.1, 0.15) is 48.3 Å².